The third-order valence-electron chi connectivity index (χ3n) is 1.91. The predicted molar refractivity (Wildman–Crippen MR) is 61.5 cm³/mol. The molecule has 1 aromatic carbocycles. The van der Waals surface area contributed by atoms with E-state index in [2.05, 4.69) is 15.7 Å². The van der Waals surface area contributed by atoms with Crippen molar-refractivity contribution < 1.29 is 13.5 Å². The molecule has 0 aliphatic carbocycles. The van der Waals surface area contributed by atoms with Crippen LogP contribution in [-0.2, 0) is 4.74 Å². The largest absolute Gasteiger partial charge is 0.383 e. The Bertz CT molecular complexity index is 398. The average molecular weight is 244 g/mol. The number of rotatable bonds is 4. The highest BCUT2D eigenvalue weighted by Gasteiger charge is 2.08. The monoisotopic (exact) mass is 244 g/mol. The first-order chi connectivity index (χ1) is 8.19. The lowest BCUT2D eigenvalue weighted by atomic mass is 10.3. The Morgan fingerprint density at radius 2 is 2.24 bits per heavy atom. The van der Waals surface area contributed by atoms with Crippen molar-refractivity contribution in [3.05, 3.63) is 29.8 Å². The first-order valence-corrected chi connectivity index (χ1v) is 4.90. The lowest BCUT2D eigenvalue weighted by molar-refractivity contribution is 0.208. The van der Waals surface area contributed by atoms with E-state index in [9.17, 15) is 8.78 Å². The van der Waals surface area contributed by atoms with E-state index in [0.717, 1.165) is 6.07 Å². The highest BCUT2D eigenvalue weighted by molar-refractivity contribution is 5.93. The minimum atomic E-state index is -0.984. The van der Waals surface area contributed by atoms with Gasteiger partial charge in [-0.25, -0.2) is 19.6 Å². The van der Waals surface area contributed by atoms with Crippen molar-refractivity contribution in [2.24, 2.45) is 10.8 Å². The number of benzene rings is 1. The maximum Gasteiger partial charge on any atom is 0.210 e. The average Bonchev–Trinajstić information content (AvgIpc) is 2.33. The number of guanidine groups is 1. The zero-order chi connectivity index (χ0) is 12.7. The molecule has 0 atom stereocenters. The predicted octanol–water partition coefficient (Wildman–Crippen LogP) is 0.842. The molecule has 0 saturated carbocycles. The second kappa shape index (κ2) is 6.77. The summed E-state index contributed by atoms with van der Waals surface area (Å²) in [5.41, 5.74) is 2.21. The number of aliphatic imine (C=N–C) groups is 1. The molecule has 0 radical (unpaired) electrons. The summed E-state index contributed by atoms with van der Waals surface area (Å²) in [7, 11) is 1.53. The summed E-state index contributed by atoms with van der Waals surface area (Å²) in [5, 5.41) is 2.54. The van der Waals surface area contributed by atoms with Gasteiger partial charge >= 0.3 is 0 Å². The topological polar surface area (TPSA) is 71.7 Å². The van der Waals surface area contributed by atoms with Gasteiger partial charge < -0.3 is 10.1 Å². The standard InChI is InChI=1S/C10H14F2N4O/c1-17-6-5-14-10(16-13)15-8-4-2-3-7(11)9(8)12/h2-4H,5-6,13H2,1H3,(H2,14,15,16). The summed E-state index contributed by atoms with van der Waals surface area (Å²) < 4.78 is 31.0. The summed E-state index contributed by atoms with van der Waals surface area (Å²) in [6.45, 7) is 0.748. The van der Waals surface area contributed by atoms with Crippen LogP contribution >= 0.6 is 0 Å². The first-order valence-electron chi connectivity index (χ1n) is 4.90. The second-order valence-corrected chi connectivity index (χ2v) is 3.09. The SMILES string of the molecule is COCCN=C(NN)Nc1cccc(F)c1F. The van der Waals surface area contributed by atoms with Gasteiger partial charge in [0, 0.05) is 7.11 Å². The summed E-state index contributed by atoms with van der Waals surface area (Å²) in [5.74, 6) is 3.40. The number of hydrogen-bond donors (Lipinski definition) is 3. The molecule has 0 spiro atoms. The Morgan fingerprint density at radius 1 is 1.47 bits per heavy atom. The van der Waals surface area contributed by atoms with Crippen molar-refractivity contribution in [2.75, 3.05) is 25.6 Å². The van der Waals surface area contributed by atoms with Crippen LogP contribution in [0.15, 0.2) is 23.2 Å². The molecule has 0 amide bonds. The van der Waals surface area contributed by atoms with Gasteiger partial charge in [0.2, 0.25) is 5.96 Å². The molecule has 0 bridgehead atoms. The maximum absolute atomic E-state index is 13.3. The third kappa shape index (κ3) is 3.97. The van der Waals surface area contributed by atoms with Crippen LogP contribution in [0.4, 0.5) is 14.5 Å². The van der Waals surface area contributed by atoms with Crippen LogP contribution in [-0.4, -0.2) is 26.2 Å². The van der Waals surface area contributed by atoms with E-state index in [1.165, 1.54) is 19.2 Å². The number of hydrazine groups is 1. The highest BCUT2D eigenvalue weighted by Crippen LogP contribution is 2.16. The van der Waals surface area contributed by atoms with Gasteiger partial charge in [0.1, 0.15) is 0 Å². The van der Waals surface area contributed by atoms with Crippen molar-refractivity contribution in [1.29, 1.82) is 0 Å². The van der Waals surface area contributed by atoms with Gasteiger partial charge in [0.25, 0.3) is 0 Å². The molecule has 1 aromatic rings. The van der Waals surface area contributed by atoms with Crippen LogP contribution in [0.1, 0.15) is 0 Å². The lowest BCUT2D eigenvalue weighted by Gasteiger charge is -2.10. The smallest absolute Gasteiger partial charge is 0.210 e. The molecule has 1 rings (SSSR count). The summed E-state index contributed by atoms with van der Waals surface area (Å²) in [6, 6.07) is 3.78. The quantitative estimate of drug-likeness (QED) is 0.241. The maximum atomic E-state index is 13.3. The van der Waals surface area contributed by atoms with E-state index in [0.29, 0.717) is 13.2 Å². The Labute approximate surface area is 97.6 Å². The molecule has 0 aliphatic rings. The van der Waals surface area contributed by atoms with Crippen molar-refractivity contribution in [3.8, 4) is 0 Å². The first kappa shape index (κ1) is 13.3. The molecular formula is C10H14F2N4O. The number of methoxy groups -OCH3 is 1. The fourth-order valence-corrected chi connectivity index (χ4v) is 1.10. The lowest BCUT2D eigenvalue weighted by Crippen LogP contribution is -2.36. The summed E-state index contributed by atoms with van der Waals surface area (Å²) in [6.07, 6.45) is 0. The Kier molecular flexibility index (Phi) is 5.31. The van der Waals surface area contributed by atoms with Gasteiger partial charge in [-0.3, -0.25) is 5.43 Å². The van der Waals surface area contributed by atoms with E-state index in [1.54, 1.807) is 0 Å². The van der Waals surface area contributed by atoms with Crippen molar-refractivity contribution in [2.45, 2.75) is 0 Å². The molecule has 0 fully saturated rings. The van der Waals surface area contributed by atoms with Crippen LogP contribution < -0.4 is 16.6 Å². The summed E-state index contributed by atoms with van der Waals surface area (Å²) in [4.78, 5) is 3.95. The third-order valence-corrected chi connectivity index (χ3v) is 1.91. The van der Waals surface area contributed by atoms with Crippen LogP contribution in [0.25, 0.3) is 0 Å². The molecule has 0 aliphatic heterocycles. The number of anilines is 1. The molecule has 0 aromatic heterocycles. The summed E-state index contributed by atoms with van der Waals surface area (Å²) >= 11 is 0. The van der Waals surface area contributed by atoms with Crippen LogP contribution in [0, 0.1) is 11.6 Å². The van der Waals surface area contributed by atoms with Crippen molar-refractivity contribution in [3.63, 3.8) is 0 Å². The van der Waals surface area contributed by atoms with E-state index >= 15 is 0 Å². The molecule has 94 valence electrons. The van der Waals surface area contributed by atoms with E-state index < -0.39 is 11.6 Å². The zero-order valence-electron chi connectivity index (χ0n) is 9.34. The zero-order valence-corrected chi connectivity index (χ0v) is 9.34. The second-order valence-electron chi connectivity index (χ2n) is 3.09. The van der Waals surface area contributed by atoms with Gasteiger partial charge in [0.05, 0.1) is 18.8 Å². The molecule has 4 N–H and O–H groups in total. The van der Waals surface area contributed by atoms with Crippen LogP contribution in [0.3, 0.4) is 0 Å². The molecule has 17 heavy (non-hydrogen) atoms. The van der Waals surface area contributed by atoms with Gasteiger partial charge in [0.15, 0.2) is 11.6 Å². The number of ether oxygens (including phenoxy) is 1. The fraction of sp³-hybridized carbons (Fsp3) is 0.300. The van der Waals surface area contributed by atoms with Gasteiger partial charge in [-0.2, -0.15) is 0 Å². The normalized spacial score (nSPS) is 11.4. The van der Waals surface area contributed by atoms with Crippen molar-refractivity contribution >= 4 is 11.6 Å². The minimum absolute atomic E-state index is 0.0425. The van der Waals surface area contributed by atoms with Crippen LogP contribution in [0.2, 0.25) is 0 Å². The Balaban J connectivity index is 2.73. The Hall–Kier alpha value is -1.73. The van der Waals surface area contributed by atoms with E-state index in [4.69, 9.17) is 10.6 Å². The number of nitrogens with one attached hydrogen (secondary N) is 2. The van der Waals surface area contributed by atoms with E-state index in [-0.39, 0.29) is 11.6 Å². The molecule has 5 nitrogen and oxygen atoms in total. The highest BCUT2D eigenvalue weighted by atomic mass is 19.2. The number of nitrogens with zero attached hydrogens (tertiary/aromatic N) is 1. The van der Waals surface area contributed by atoms with Crippen LogP contribution in [0.5, 0.6) is 0 Å². The van der Waals surface area contributed by atoms with Gasteiger partial charge in [-0.05, 0) is 12.1 Å². The molecular weight excluding hydrogens is 230 g/mol. The number of halogens is 2. The van der Waals surface area contributed by atoms with Crippen molar-refractivity contribution in [1.82, 2.24) is 5.43 Å². The minimum Gasteiger partial charge on any atom is -0.383 e. The number of nitrogens with two attached hydrogens (primary N) is 1. The van der Waals surface area contributed by atoms with E-state index in [1.807, 2.05) is 0 Å². The van der Waals surface area contributed by atoms with Gasteiger partial charge in [-0.15, -0.1) is 0 Å². The fourth-order valence-electron chi connectivity index (χ4n) is 1.10. The Morgan fingerprint density at radius 3 is 2.88 bits per heavy atom. The molecule has 0 unspecified atom stereocenters. The molecule has 0 heterocycles. The number of hydrogen-bond acceptors (Lipinski definition) is 3. The van der Waals surface area contributed by atoms with Gasteiger partial charge in [-0.1, -0.05) is 6.07 Å². The molecule has 0 saturated heterocycles. The molecule has 7 heteroatoms.